The van der Waals surface area contributed by atoms with Crippen molar-refractivity contribution < 1.29 is 13.2 Å². The molecule has 0 aliphatic carbocycles. The molecule has 0 aliphatic rings. The van der Waals surface area contributed by atoms with E-state index in [-0.39, 0.29) is 10.8 Å². The fourth-order valence-electron chi connectivity index (χ4n) is 2.08. The third-order valence-corrected chi connectivity index (χ3v) is 4.35. The van der Waals surface area contributed by atoms with Crippen LogP contribution < -0.4 is 5.43 Å². The lowest BCUT2D eigenvalue weighted by molar-refractivity contribution is 0.101. The summed E-state index contributed by atoms with van der Waals surface area (Å²) in [5, 5.41) is 0. The Morgan fingerprint density at radius 3 is 2.45 bits per heavy atom. The largest absolute Gasteiger partial charge is 0.270 e. The summed E-state index contributed by atoms with van der Waals surface area (Å²) >= 11 is 0. The lowest BCUT2D eigenvalue weighted by Gasteiger charge is -2.07. The van der Waals surface area contributed by atoms with Gasteiger partial charge in [-0.3, -0.25) is 10.2 Å². The summed E-state index contributed by atoms with van der Waals surface area (Å²) < 4.78 is 24.3. The van der Waals surface area contributed by atoms with Gasteiger partial charge in [0.1, 0.15) is 6.33 Å². The highest BCUT2D eigenvalue weighted by Crippen LogP contribution is 2.12. The number of aromatic nitrogens is 2. The Morgan fingerprint density at radius 1 is 1.09 bits per heavy atom. The van der Waals surface area contributed by atoms with Gasteiger partial charge in [-0.2, -0.15) is 0 Å². The maximum Gasteiger partial charge on any atom is 0.270 e. The van der Waals surface area contributed by atoms with Crippen LogP contribution in [0.4, 0.5) is 0 Å². The summed E-state index contributed by atoms with van der Waals surface area (Å²) in [6.45, 7) is 0. The molecule has 2 aromatic carbocycles. The maximum atomic E-state index is 12.2. The Morgan fingerprint density at radius 2 is 1.77 bits per heavy atom. The smallest absolute Gasteiger partial charge is 0.267 e. The molecule has 3 rings (SSSR count). The molecule has 0 fully saturated rings. The summed E-state index contributed by atoms with van der Waals surface area (Å²) in [6.07, 6.45) is 2.65. The van der Waals surface area contributed by atoms with Crippen LogP contribution in [-0.2, 0) is 9.84 Å². The van der Waals surface area contributed by atoms with Gasteiger partial charge in [-0.25, -0.2) is 18.1 Å². The molecule has 7 heteroatoms. The van der Waals surface area contributed by atoms with Crippen molar-refractivity contribution in [3.05, 3.63) is 60.4 Å². The zero-order valence-electron chi connectivity index (χ0n) is 11.7. The highest BCUT2D eigenvalue weighted by Gasteiger charge is 2.11. The van der Waals surface area contributed by atoms with Crippen LogP contribution in [0.15, 0.2) is 59.8 Å². The number of sulfone groups is 1. The molecule has 0 spiro atoms. The molecule has 0 saturated heterocycles. The number of hydrogen-bond acceptors (Lipinski definition) is 4. The summed E-state index contributed by atoms with van der Waals surface area (Å²) in [5.41, 5.74) is 4.63. The van der Waals surface area contributed by atoms with Gasteiger partial charge in [0.2, 0.25) is 0 Å². The lowest BCUT2D eigenvalue weighted by atomic mass is 10.2. The summed E-state index contributed by atoms with van der Waals surface area (Å²) in [4.78, 5) is 16.6. The number of benzene rings is 2. The Bertz CT molecular complexity index is 944. The number of amides is 1. The van der Waals surface area contributed by atoms with E-state index in [9.17, 15) is 13.2 Å². The normalized spacial score (nSPS) is 11.5. The molecule has 22 heavy (non-hydrogen) atoms. The predicted molar refractivity (Wildman–Crippen MR) is 83.0 cm³/mol. The fraction of sp³-hybridized carbons (Fsp3) is 0.0667. The van der Waals surface area contributed by atoms with Crippen LogP contribution in [0, 0.1) is 0 Å². The van der Waals surface area contributed by atoms with Crippen LogP contribution in [0.3, 0.4) is 0 Å². The highest BCUT2D eigenvalue weighted by molar-refractivity contribution is 7.90. The third-order valence-electron chi connectivity index (χ3n) is 3.22. The molecule has 6 nitrogen and oxygen atoms in total. The van der Waals surface area contributed by atoms with Crippen molar-refractivity contribution in [2.45, 2.75) is 4.90 Å². The van der Waals surface area contributed by atoms with Crippen molar-refractivity contribution in [2.75, 3.05) is 11.7 Å². The third kappa shape index (κ3) is 2.71. The number of carbonyl (C=O) groups excluding carboxylic acids is 1. The van der Waals surface area contributed by atoms with E-state index in [2.05, 4.69) is 10.4 Å². The zero-order valence-corrected chi connectivity index (χ0v) is 12.5. The topological polar surface area (TPSA) is 81.1 Å². The second-order valence-corrected chi connectivity index (χ2v) is 6.86. The van der Waals surface area contributed by atoms with Crippen molar-refractivity contribution in [3.8, 4) is 0 Å². The summed E-state index contributed by atoms with van der Waals surface area (Å²) in [5.74, 6) is -0.344. The average Bonchev–Trinajstić information content (AvgIpc) is 2.90. The molecule has 0 aliphatic heterocycles. The van der Waals surface area contributed by atoms with Gasteiger partial charge in [0.25, 0.3) is 5.91 Å². The number of rotatable bonds is 3. The van der Waals surface area contributed by atoms with Crippen molar-refractivity contribution in [2.24, 2.45) is 0 Å². The van der Waals surface area contributed by atoms with Gasteiger partial charge >= 0.3 is 0 Å². The second kappa shape index (κ2) is 5.27. The monoisotopic (exact) mass is 315 g/mol. The first-order valence-corrected chi connectivity index (χ1v) is 8.38. The minimum absolute atomic E-state index is 0.178. The van der Waals surface area contributed by atoms with Crippen LogP contribution in [-0.4, -0.2) is 30.2 Å². The fourth-order valence-corrected chi connectivity index (χ4v) is 2.71. The molecule has 0 radical (unpaired) electrons. The summed E-state index contributed by atoms with van der Waals surface area (Å²) in [6, 6.07) is 13.2. The molecule has 3 aromatic rings. The number of nitrogens with zero attached hydrogens (tertiary/aromatic N) is 2. The average molecular weight is 315 g/mol. The number of carbonyl (C=O) groups is 1. The number of para-hydroxylation sites is 2. The van der Waals surface area contributed by atoms with E-state index in [0.717, 1.165) is 17.3 Å². The van der Waals surface area contributed by atoms with Crippen LogP contribution >= 0.6 is 0 Å². The van der Waals surface area contributed by atoms with Crippen LogP contribution in [0.1, 0.15) is 10.4 Å². The van der Waals surface area contributed by atoms with E-state index < -0.39 is 9.84 Å². The SMILES string of the molecule is CS(=O)(=O)c1ccc(C(=O)Nn2cnc3ccccc32)cc1. The molecule has 0 saturated carbocycles. The number of imidazole rings is 1. The van der Waals surface area contributed by atoms with Crippen molar-refractivity contribution in [1.82, 2.24) is 9.66 Å². The molecule has 1 heterocycles. The quantitative estimate of drug-likeness (QED) is 0.799. The molecule has 1 N–H and O–H groups in total. The first-order chi connectivity index (χ1) is 10.4. The minimum atomic E-state index is -3.27. The minimum Gasteiger partial charge on any atom is -0.267 e. The number of hydrogen-bond donors (Lipinski definition) is 1. The molecule has 0 bridgehead atoms. The Kier molecular flexibility index (Phi) is 3.42. The van der Waals surface area contributed by atoms with E-state index >= 15 is 0 Å². The molecule has 0 unspecified atom stereocenters. The standard InChI is InChI=1S/C15H13N3O3S/c1-22(20,21)12-8-6-11(7-9-12)15(19)17-18-10-16-13-4-2-3-5-14(13)18/h2-10H,1H3,(H,17,19). The van der Waals surface area contributed by atoms with E-state index in [1.807, 2.05) is 24.3 Å². The molecule has 1 aromatic heterocycles. The Labute approximate surface area is 127 Å². The van der Waals surface area contributed by atoms with Gasteiger partial charge in [0.05, 0.1) is 15.9 Å². The predicted octanol–water partition coefficient (Wildman–Crippen LogP) is 1.82. The molecular formula is C15H13N3O3S. The Hall–Kier alpha value is -2.67. The van der Waals surface area contributed by atoms with Crippen LogP contribution in [0.5, 0.6) is 0 Å². The van der Waals surface area contributed by atoms with Gasteiger partial charge in [-0.15, -0.1) is 0 Å². The first kappa shape index (κ1) is 14.3. The van der Waals surface area contributed by atoms with E-state index in [4.69, 9.17) is 0 Å². The Balaban J connectivity index is 1.85. The molecule has 1 amide bonds. The van der Waals surface area contributed by atoms with Gasteiger partial charge in [0, 0.05) is 11.8 Å². The van der Waals surface area contributed by atoms with Gasteiger partial charge in [0.15, 0.2) is 9.84 Å². The number of nitrogens with one attached hydrogen (secondary N) is 1. The molecule has 112 valence electrons. The lowest BCUT2D eigenvalue weighted by Crippen LogP contribution is -2.22. The van der Waals surface area contributed by atoms with Crippen molar-refractivity contribution >= 4 is 26.8 Å². The van der Waals surface area contributed by atoms with Gasteiger partial charge in [-0.1, -0.05) is 12.1 Å². The van der Waals surface area contributed by atoms with Crippen molar-refractivity contribution in [3.63, 3.8) is 0 Å². The number of fused-ring (bicyclic) bond motifs is 1. The van der Waals surface area contributed by atoms with Crippen LogP contribution in [0.2, 0.25) is 0 Å². The molecule has 0 atom stereocenters. The first-order valence-electron chi connectivity index (χ1n) is 6.49. The summed E-state index contributed by atoms with van der Waals surface area (Å²) in [7, 11) is -3.27. The van der Waals surface area contributed by atoms with Gasteiger partial charge in [-0.05, 0) is 36.4 Å². The van der Waals surface area contributed by atoms with Gasteiger partial charge < -0.3 is 0 Å². The highest BCUT2D eigenvalue weighted by atomic mass is 32.2. The molecular weight excluding hydrogens is 302 g/mol. The van der Waals surface area contributed by atoms with E-state index in [0.29, 0.717) is 5.56 Å². The maximum absolute atomic E-state index is 12.2. The van der Waals surface area contributed by atoms with Crippen molar-refractivity contribution in [1.29, 1.82) is 0 Å². The zero-order chi connectivity index (χ0) is 15.7. The van der Waals surface area contributed by atoms with Crippen LogP contribution in [0.25, 0.3) is 11.0 Å². The van der Waals surface area contributed by atoms with E-state index in [1.54, 1.807) is 0 Å². The second-order valence-electron chi connectivity index (χ2n) is 4.84. The van der Waals surface area contributed by atoms with E-state index in [1.165, 1.54) is 35.3 Å².